The molecular formula is C25H29N3OS. The predicted octanol–water partition coefficient (Wildman–Crippen LogP) is 5.76. The van der Waals surface area contributed by atoms with Crippen molar-refractivity contribution in [2.24, 2.45) is 0 Å². The molecular weight excluding hydrogens is 390 g/mol. The van der Waals surface area contributed by atoms with Crippen LogP contribution in [0.3, 0.4) is 0 Å². The minimum Gasteiger partial charge on any atom is -0.325 e. The topological polar surface area (TPSA) is 45.2 Å². The number of thiazole rings is 1. The molecule has 1 aliphatic carbocycles. The molecule has 1 fully saturated rings. The van der Waals surface area contributed by atoms with Crippen LogP contribution >= 0.6 is 11.3 Å². The molecule has 1 aliphatic rings. The van der Waals surface area contributed by atoms with Crippen LogP contribution in [0, 0.1) is 0 Å². The highest BCUT2D eigenvalue weighted by Crippen LogP contribution is 2.26. The molecule has 0 saturated heterocycles. The fourth-order valence-corrected chi connectivity index (χ4v) is 4.99. The molecule has 0 atom stereocenters. The summed E-state index contributed by atoms with van der Waals surface area (Å²) in [6.07, 6.45) is 6.85. The molecule has 30 heavy (non-hydrogen) atoms. The summed E-state index contributed by atoms with van der Waals surface area (Å²) < 4.78 is 0. The lowest BCUT2D eigenvalue weighted by Crippen LogP contribution is -2.33. The lowest BCUT2D eigenvalue weighted by Gasteiger charge is -2.31. The maximum atomic E-state index is 12.7. The van der Waals surface area contributed by atoms with Gasteiger partial charge in [-0.15, -0.1) is 11.3 Å². The molecule has 4 nitrogen and oxygen atoms in total. The van der Waals surface area contributed by atoms with E-state index in [1.807, 2.05) is 53.9 Å². The monoisotopic (exact) mass is 419 g/mol. The first-order valence-corrected chi connectivity index (χ1v) is 11.6. The zero-order valence-electron chi connectivity index (χ0n) is 17.5. The van der Waals surface area contributed by atoms with Crippen LogP contribution in [-0.4, -0.2) is 28.9 Å². The van der Waals surface area contributed by atoms with Crippen LogP contribution in [0.4, 0.5) is 5.69 Å². The normalized spacial score (nSPS) is 14.7. The van der Waals surface area contributed by atoms with Gasteiger partial charge in [-0.05, 0) is 31.5 Å². The molecule has 156 valence electrons. The van der Waals surface area contributed by atoms with Crippen molar-refractivity contribution >= 4 is 22.9 Å². The average Bonchev–Trinajstić information content (AvgIpc) is 3.24. The van der Waals surface area contributed by atoms with Crippen LogP contribution in [-0.2, 0) is 17.8 Å². The van der Waals surface area contributed by atoms with Gasteiger partial charge >= 0.3 is 0 Å². The number of nitrogens with one attached hydrogen (secondary N) is 1. The Kier molecular flexibility index (Phi) is 6.92. The second-order valence-corrected chi connectivity index (χ2v) is 8.96. The first kappa shape index (κ1) is 20.8. The van der Waals surface area contributed by atoms with Gasteiger partial charge in [0.25, 0.3) is 0 Å². The number of para-hydroxylation sites is 1. The van der Waals surface area contributed by atoms with Gasteiger partial charge in [-0.3, -0.25) is 9.69 Å². The predicted molar refractivity (Wildman–Crippen MR) is 125 cm³/mol. The molecule has 4 rings (SSSR count). The summed E-state index contributed by atoms with van der Waals surface area (Å²) in [7, 11) is 2.20. The number of hydrogen-bond donors (Lipinski definition) is 1. The average molecular weight is 420 g/mol. The first-order valence-electron chi connectivity index (χ1n) is 10.8. The number of hydrogen-bond acceptors (Lipinski definition) is 4. The second kappa shape index (κ2) is 10.0. The summed E-state index contributed by atoms with van der Waals surface area (Å²) in [5.41, 5.74) is 3.98. The Morgan fingerprint density at radius 2 is 1.80 bits per heavy atom. The van der Waals surface area contributed by atoms with E-state index >= 15 is 0 Å². The number of anilines is 1. The molecule has 1 heterocycles. The SMILES string of the molecule is CN(Cc1ccccc1NC(=O)Cc1csc(-c2ccccc2)n1)C1CCCCC1. The lowest BCUT2D eigenvalue weighted by molar-refractivity contribution is -0.115. The number of benzene rings is 2. The van der Waals surface area contributed by atoms with E-state index in [0.717, 1.165) is 28.5 Å². The third-order valence-corrected chi connectivity index (χ3v) is 6.76. The molecule has 0 spiro atoms. The fourth-order valence-electron chi connectivity index (χ4n) is 4.16. The van der Waals surface area contributed by atoms with Crippen molar-refractivity contribution in [3.8, 4) is 10.6 Å². The van der Waals surface area contributed by atoms with E-state index in [9.17, 15) is 4.79 Å². The Hall–Kier alpha value is -2.50. The van der Waals surface area contributed by atoms with E-state index < -0.39 is 0 Å². The van der Waals surface area contributed by atoms with Crippen molar-refractivity contribution in [2.75, 3.05) is 12.4 Å². The minimum absolute atomic E-state index is 0.0207. The smallest absolute Gasteiger partial charge is 0.230 e. The summed E-state index contributed by atoms with van der Waals surface area (Å²) in [6, 6.07) is 18.9. The van der Waals surface area contributed by atoms with Gasteiger partial charge in [-0.1, -0.05) is 67.8 Å². The molecule has 0 bridgehead atoms. The fraction of sp³-hybridized carbons (Fsp3) is 0.360. The quantitative estimate of drug-likeness (QED) is 0.530. The van der Waals surface area contributed by atoms with E-state index in [1.165, 1.54) is 37.7 Å². The van der Waals surface area contributed by atoms with Gasteiger partial charge < -0.3 is 5.32 Å². The van der Waals surface area contributed by atoms with Crippen molar-refractivity contribution in [1.82, 2.24) is 9.88 Å². The van der Waals surface area contributed by atoms with Crippen molar-refractivity contribution in [3.63, 3.8) is 0 Å². The third-order valence-electron chi connectivity index (χ3n) is 5.82. The number of rotatable bonds is 7. The molecule has 1 N–H and O–H groups in total. The van der Waals surface area contributed by atoms with E-state index in [0.29, 0.717) is 6.04 Å². The van der Waals surface area contributed by atoms with E-state index in [1.54, 1.807) is 11.3 Å². The zero-order valence-corrected chi connectivity index (χ0v) is 18.3. The maximum absolute atomic E-state index is 12.7. The van der Waals surface area contributed by atoms with Crippen molar-refractivity contribution in [2.45, 2.75) is 51.1 Å². The molecule has 0 unspecified atom stereocenters. The van der Waals surface area contributed by atoms with Crippen molar-refractivity contribution in [1.29, 1.82) is 0 Å². The van der Waals surface area contributed by atoms with E-state index in [4.69, 9.17) is 0 Å². The molecule has 5 heteroatoms. The zero-order chi connectivity index (χ0) is 20.8. The second-order valence-electron chi connectivity index (χ2n) is 8.10. The third kappa shape index (κ3) is 5.35. The Balaban J connectivity index is 1.38. The van der Waals surface area contributed by atoms with Crippen LogP contribution in [0.1, 0.15) is 43.4 Å². The van der Waals surface area contributed by atoms with Crippen molar-refractivity contribution in [3.05, 3.63) is 71.2 Å². The highest BCUT2D eigenvalue weighted by Gasteiger charge is 2.19. The molecule has 2 aromatic carbocycles. The van der Waals surface area contributed by atoms with Gasteiger partial charge in [0.15, 0.2) is 0 Å². The number of carbonyl (C=O) groups excluding carboxylic acids is 1. The molecule has 0 aliphatic heterocycles. The summed E-state index contributed by atoms with van der Waals surface area (Å²) in [5, 5.41) is 6.04. The van der Waals surface area contributed by atoms with E-state index in [2.05, 4.69) is 28.3 Å². The Labute approximate surface area is 183 Å². The number of nitrogens with zero attached hydrogens (tertiary/aromatic N) is 2. The molecule has 3 aromatic rings. The highest BCUT2D eigenvalue weighted by atomic mass is 32.1. The lowest BCUT2D eigenvalue weighted by atomic mass is 9.94. The van der Waals surface area contributed by atoms with Gasteiger partial charge in [0.05, 0.1) is 12.1 Å². The summed E-state index contributed by atoms with van der Waals surface area (Å²) in [4.78, 5) is 19.8. The van der Waals surface area contributed by atoms with Crippen molar-refractivity contribution < 1.29 is 4.79 Å². The Morgan fingerprint density at radius 1 is 1.07 bits per heavy atom. The first-order chi connectivity index (χ1) is 14.7. The van der Waals surface area contributed by atoms with Crippen LogP contribution in [0.25, 0.3) is 10.6 Å². The largest absolute Gasteiger partial charge is 0.325 e. The van der Waals surface area contributed by atoms with Crippen LogP contribution < -0.4 is 5.32 Å². The van der Waals surface area contributed by atoms with Gasteiger partial charge in [0, 0.05) is 29.2 Å². The summed E-state index contributed by atoms with van der Waals surface area (Å²) in [5.74, 6) is -0.0207. The maximum Gasteiger partial charge on any atom is 0.230 e. The van der Waals surface area contributed by atoms with Crippen LogP contribution in [0.15, 0.2) is 60.0 Å². The number of carbonyl (C=O) groups is 1. The summed E-state index contributed by atoms with van der Waals surface area (Å²) >= 11 is 1.58. The molecule has 1 aromatic heterocycles. The molecule has 1 saturated carbocycles. The molecule has 0 radical (unpaired) electrons. The summed E-state index contributed by atoms with van der Waals surface area (Å²) in [6.45, 7) is 0.857. The van der Waals surface area contributed by atoms with Gasteiger partial charge in [-0.2, -0.15) is 0 Å². The minimum atomic E-state index is -0.0207. The Morgan fingerprint density at radius 3 is 2.60 bits per heavy atom. The van der Waals surface area contributed by atoms with Gasteiger partial charge in [0.1, 0.15) is 5.01 Å². The van der Waals surface area contributed by atoms with Gasteiger partial charge in [-0.25, -0.2) is 4.98 Å². The number of amides is 1. The number of aromatic nitrogens is 1. The standard InChI is InChI=1S/C25H29N3OS/c1-28(22-13-6-3-7-14-22)17-20-12-8-9-15-23(20)27-24(29)16-21-18-30-25(26-21)19-10-4-2-5-11-19/h2,4-5,8-12,15,18,22H,3,6-7,13-14,16-17H2,1H3,(H,27,29). The Bertz CT molecular complexity index is 963. The highest BCUT2D eigenvalue weighted by molar-refractivity contribution is 7.13. The van der Waals surface area contributed by atoms with Gasteiger partial charge in [0.2, 0.25) is 5.91 Å². The molecule has 1 amide bonds. The van der Waals surface area contributed by atoms with E-state index in [-0.39, 0.29) is 12.3 Å². The van der Waals surface area contributed by atoms with Crippen LogP contribution in [0.5, 0.6) is 0 Å². The van der Waals surface area contributed by atoms with Crippen LogP contribution in [0.2, 0.25) is 0 Å².